The van der Waals surface area contributed by atoms with Gasteiger partial charge in [0.1, 0.15) is 5.82 Å². The third-order valence-corrected chi connectivity index (χ3v) is 4.25. The Bertz CT molecular complexity index is 802. The molecule has 118 valence electrons. The van der Waals surface area contributed by atoms with Crippen LogP contribution >= 0.6 is 11.8 Å². The lowest BCUT2D eigenvalue weighted by molar-refractivity contribution is -0.117. The number of anilines is 1. The number of amides is 1. The van der Waals surface area contributed by atoms with Gasteiger partial charge in [0.25, 0.3) is 5.22 Å². The predicted octanol–water partition coefficient (Wildman–Crippen LogP) is 3.51. The van der Waals surface area contributed by atoms with Crippen molar-refractivity contribution in [1.82, 2.24) is 9.97 Å². The Morgan fingerprint density at radius 2 is 2.04 bits per heavy atom. The standard InChI is InChI=1S/C16H14FN3O2S/c1-10(15(21)20(2)12-7-5-11(17)6-8-12)23-16-19-14-13(22-16)4-3-9-18-14/h3-10H,1-2H3/t10-/m1/s1. The summed E-state index contributed by atoms with van der Waals surface area (Å²) in [7, 11) is 1.65. The predicted molar refractivity (Wildman–Crippen MR) is 86.9 cm³/mol. The maximum Gasteiger partial charge on any atom is 0.259 e. The smallest absolute Gasteiger partial charge is 0.259 e. The minimum atomic E-state index is -0.405. The van der Waals surface area contributed by atoms with E-state index in [2.05, 4.69) is 9.97 Å². The van der Waals surface area contributed by atoms with Crippen LogP contribution in [0.5, 0.6) is 0 Å². The molecule has 0 bridgehead atoms. The lowest BCUT2D eigenvalue weighted by Gasteiger charge is -2.20. The number of halogens is 1. The van der Waals surface area contributed by atoms with Gasteiger partial charge in [-0.25, -0.2) is 9.37 Å². The zero-order chi connectivity index (χ0) is 16.4. The van der Waals surface area contributed by atoms with Crippen LogP contribution in [-0.2, 0) is 4.79 Å². The van der Waals surface area contributed by atoms with E-state index in [4.69, 9.17) is 4.42 Å². The Labute approximate surface area is 136 Å². The Morgan fingerprint density at radius 3 is 2.74 bits per heavy atom. The summed E-state index contributed by atoms with van der Waals surface area (Å²) in [6, 6.07) is 9.31. The van der Waals surface area contributed by atoms with E-state index in [1.165, 1.54) is 28.8 Å². The first kappa shape index (κ1) is 15.5. The van der Waals surface area contributed by atoms with Crippen LogP contribution in [0.25, 0.3) is 11.2 Å². The van der Waals surface area contributed by atoms with Crippen LogP contribution in [0.2, 0.25) is 0 Å². The third kappa shape index (κ3) is 3.34. The second kappa shape index (κ2) is 6.37. The van der Waals surface area contributed by atoms with Gasteiger partial charge in [-0.15, -0.1) is 0 Å². The highest BCUT2D eigenvalue weighted by atomic mass is 32.2. The van der Waals surface area contributed by atoms with E-state index in [0.29, 0.717) is 22.1 Å². The van der Waals surface area contributed by atoms with E-state index in [1.54, 1.807) is 44.4 Å². The van der Waals surface area contributed by atoms with E-state index in [0.717, 1.165) is 0 Å². The van der Waals surface area contributed by atoms with Crippen molar-refractivity contribution in [1.29, 1.82) is 0 Å². The summed E-state index contributed by atoms with van der Waals surface area (Å²) < 4.78 is 18.5. The Balaban J connectivity index is 1.72. The molecular weight excluding hydrogens is 317 g/mol. The summed E-state index contributed by atoms with van der Waals surface area (Å²) in [5.41, 5.74) is 1.73. The first-order valence-corrected chi connectivity index (χ1v) is 7.84. The van der Waals surface area contributed by atoms with Crippen molar-refractivity contribution in [3.8, 4) is 0 Å². The Kier molecular flexibility index (Phi) is 4.29. The molecule has 0 radical (unpaired) electrons. The molecule has 2 aromatic heterocycles. The molecule has 0 aliphatic rings. The highest BCUT2D eigenvalue weighted by Gasteiger charge is 2.22. The number of carbonyl (C=O) groups excluding carboxylic acids is 1. The van der Waals surface area contributed by atoms with E-state index in [-0.39, 0.29) is 11.7 Å². The molecule has 1 atom stereocenters. The fraction of sp³-hybridized carbons (Fsp3) is 0.188. The summed E-state index contributed by atoms with van der Waals surface area (Å²) in [6.45, 7) is 1.77. The van der Waals surface area contributed by atoms with E-state index < -0.39 is 5.25 Å². The van der Waals surface area contributed by atoms with Crippen LogP contribution in [0.4, 0.5) is 10.1 Å². The second-order valence-corrected chi connectivity index (χ2v) is 6.23. The monoisotopic (exact) mass is 331 g/mol. The van der Waals surface area contributed by atoms with Gasteiger partial charge in [-0.2, -0.15) is 4.98 Å². The third-order valence-electron chi connectivity index (χ3n) is 3.32. The summed E-state index contributed by atoms with van der Waals surface area (Å²) in [5.74, 6) is -0.465. The van der Waals surface area contributed by atoms with Crippen molar-refractivity contribution in [2.45, 2.75) is 17.4 Å². The molecule has 0 fully saturated rings. The average molecular weight is 331 g/mol. The van der Waals surface area contributed by atoms with Gasteiger partial charge >= 0.3 is 0 Å². The summed E-state index contributed by atoms with van der Waals surface area (Å²) in [6.07, 6.45) is 1.64. The van der Waals surface area contributed by atoms with Crippen molar-refractivity contribution in [3.63, 3.8) is 0 Å². The second-order valence-electron chi connectivity index (χ2n) is 4.94. The maximum absolute atomic E-state index is 13.0. The Hall–Kier alpha value is -2.41. The number of oxazole rings is 1. The number of nitrogens with zero attached hydrogens (tertiary/aromatic N) is 3. The van der Waals surface area contributed by atoms with Gasteiger partial charge in [0, 0.05) is 18.9 Å². The highest BCUT2D eigenvalue weighted by molar-refractivity contribution is 8.00. The summed E-state index contributed by atoms with van der Waals surface area (Å²) >= 11 is 1.22. The molecule has 0 N–H and O–H groups in total. The first-order valence-electron chi connectivity index (χ1n) is 6.96. The lowest BCUT2D eigenvalue weighted by atomic mass is 10.2. The summed E-state index contributed by atoms with van der Waals surface area (Å²) in [4.78, 5) is 22.3. The fourth-order valence-corrected chi connectivity index (χ4v) is 2.90. The SMILES string of the molecule is C[C@@H](Sc1nc2ncccc2o1)C(=O)N(C)c1ccc(F)cc1. The van der Waals surface area contributed by atoms with Crippen molar-refractivity contribution >= 4 is 34.6 Å². The quantitative estimate of drug-likeness (QED) is 0.685. The number of benzene rings is 1. The zero-order valence-electron chi connectivity index (χ0n) is 12.6. The van der Waals surface area contributed by atoms with Crippen molar-refractivity contribution in [2.75, 3.05) is 11.9 Å². The highest BCUT2D eigenvalue weighted by Crippen LogP contribution is 2.27. The summed E-state index contributed by atoms with van der Waals surface area (Å²) in [5, 5.41) is -0.00910. The molecule has 0 spiro atoms. The number of hydrogen-bond donors (Lipinski definition) is 0. The molecule has 1 aromatic carbocycles. The molecule has 0 unspecified atom stereocenters. The van der Waals surface area contributed by atoms with Gasteiger partial charge in [-0.1, -0.05) is 11.8 Å². The zero-order valence-corrected chi connectivity index (χ0v) is 13.4. The van der Waals surface area contributed by atoms with Gasteiger partial charge in [-0.05, 0) is 43.3 Å². The molecule has 5 nitrogen and oxygen atoms in total. The van der Waals surface area contributed by atoms with Gasteiger partial charge in [-0.3, -0.25) is 4.79 Å². The molecule has 0 aliphatic carbocycles. The number of fused-ring (bicyclic) bond motifs is 1. The van der Waals surface area contributed by atoms with Crippen LogP contribution in [0.1, 0.15) is 6.92 Å². The number of thioether (sulfide) groups is 1. The van der Waals surface area contributed by atoms with Crippen molar-refractivity contribution in [3.05, 3.63) is 48.4 Å². The molecule has 1 amide bonds. The molecular formula is C16H14FN3O2S. The van der Waals surface area contributed by atoms with E-state index in [1.807, 2.05) is 0 Å². The number of aromatic nitrogens is 2. The maximum atomic E-state index is 13.0. The van der Waals surface area contributed by atoms with Gasteiger partial charge in [0.15, 0.2) is 11.2 Å². The normalized spacial score (nSPS) is 12.3. The molecule has 23 heavy (non-hydrogen) atoms. The Morgan fingerprint density at radius 1 is 1.30 bits per heavy atom. The van der Waals surface area contributed by atoms with Gasteiger partial charge < -0.3 is 9.32 Å². The van der Waals surface area contributed by atoms with Crippen LogP contribution in [0, 0.1) is 5.82 Å². The molecule has 3 aromatic rings. The number of carbonyl (C=O) groups is 1. The van der Waals surface area contributed by atoms with Crippen LogP contribution in [0.15, 0.2) is 52.2 Å². The molecule has 2 heterocycles. The van der Waals surface area contributed by atoms with Gasteiger partial charge in [0.05, 0.1) is 5.25 Å². The molecule has 0 saturated heterocycles. The minimum absolute atomic E-state index is 0.128. The van der Waals surface area contributed by atoms with Crippen LogP contribution in [0.3, 0.4) is 0 Å². The number of pyridine rings is 1. The average Bonchev–Trinajstić information content (AvgIpc) is 2.96. The number of rotatable bonds is 4. The van der Waals surface area contributed by atoms with Crippen LogP contribution in [-0.4, -0.2) is 28.2 Å². The van der Waals surface area contributed by atoms with E-state index >= 15 is 0 Å². The number of hydrogen-bond acceptors (Lipinski definition) is 5. The van der Waals surface area contributed by atoms with Gasteiger partial charge in [0.2, 0.25) is 5.91 Å². The van der Waals surface area contributed by atoms with Crippen molar-refractivity contribution in [2.24, 2.45) is 0 Å². The molecule has 3 rings (SSSR count). The van der Waals surface area contributed by atoms with Crippen molar-refractivity contribution < 1.29 is 13.6 Å². The minimum Gasteiger partial charge on any atom is -0.430 e. The fourth-order valence-electron chi connectivity index (χ4n) is 2.07. The molecule has 7 heteroatoms. The molecule has 0 saturated carbocycles. The largest absolute Gasteiger partial charge is 0.430 e. The van der Waals surface area contributed by atoms with E-state index in [9.17, 15) is 9.18 Å². The molecule has 0 aliphatic heterocycles. The van der Waals surface area contributed by atoms with Crippen LogP contribution < -0.4 is 4.90 Å². The first-order chi connectivity index (χ1) is 11.0. The topological polar surface area (TPSA) is 59.2 Å². The lowest BCUT2D eigenvalue weighted by Crippen LogP contribution is -2.33.